The molecule has 0 aromatic heterocycles. The van der Waals surface area contributed by atoms with E-state index in [1.807, 2.05) is 36.4 Å². The zero-order valence-corrected chi connectivity index (χ0v) is 22.6. The number of halogens is 1. The van der Waals surface area contributed by atoms with Gasteiger partial charge in [-0.05, 0) is 11.1 Å². The summed E-state index contributed by atoms with van der Waals surface area (Å²) in [6.45, 7) is 11.2. The quantitative estimate of drug-likeness (QED) is 0.287. The minimum absolute atomic E-state index is 0.265. The third-order valence-corrected chi connectivity index (χ3v) is 9.00. The molecular weight excluding hydrogens is 531 g/mol. The van der Waals surface area contributed by atoms with Crippen LogP contribution in [-0.2, 0) is 33.3 Å². The summed E-state index contributed by atoms with van der Waals surface area (Å²) in [5.74, 6) is 0. The van der Waals surface area contributed by atoms with Crippen LogP contribution in [-0.4, -0.2) is 14.7 Å². The maximum absolute atomic E-state index is 11.7. The van der Waals surface area contributed by atoms with Gasteiger partial charge < -0.3 is 5.73 Å². The Morgan fingerprint density at radius 3 is 1.78 bits per heavy atom. The number of sulfonamides is 1. The summed E-state index contributed by atoms with van der Waals surface area (Å²) in [5.41, 5.74) is 12.3. The molecule has 0 amide bonds. The molecule has 0 heterocycles. The molecule has 2 aromatic rings. The van der Waals surface area contributed by atoms with Gasteiger partial charge in [-0.1, -0.05) is 72.3 Å². The van der Waals surface area contributed by atoms with Gasteiger partial charge in [0.25, 0.3) is 0 Å². The van der Waals surface area contributed by atoms with Crippen molar-refractivity contribution in [2.75, 3.05) is 6.26 Å². The molecule has 2 atom stereocenters. The van der Waals surface area contributed by atoms with Gasteiger partial charge in [-0.2, -0.15) is 4.72 Å². The summed E-state index contributed by atoms with van der Waals surface area (Å²) in [5, 5.41) is 0. The first-order valence-electron chi connectivity index (χ1n) is 10.3. The van der Waals surface area contributed by atoms with E-state index < -0.39 is 21.1 Å². The molecular formula is C25H32ClN2O2RhS. The number of rotatable bonds is 5. The zero-order valence-electron chi connectivity index (χ0n) is 19.4. The molecule has 176 valence electrons. The summed E-state index contributed by atoms with van der Waals surface area (Å²) >= 11 is 9.68. The Bertz CT molecular complexity index is 1090. The third kappa shape index (κ3) is 5.98. The average Bonchev–Trinajstić information content (AvgIpc) is 2.88. The molecule has 0 bridgehead atoms. The van der Waals surface area contributed by atoms with Crippen LogP contribution in [0, 0.1) is 5.41 Å². The van der Waals surface area contributed by atoms with Crippen molar-refractivity contribution >= 4 is 21.6 Å². The topological polar surface area (TPSA) is 72.2 Å². The van der Waals surface area contributed by atoms with Crippen LogP contribution in [0.4, 0.5) is 0 Å². The predicted molar refractivity (Wildman–Crippen MR) is 130 cm³/mol. The summed E-state index contributed by atoms with van der Waals surface area (Å²) in [6, 6.07) is 17.3. The molecule has 32 heavy (non-hydrogen) atoms. The van der Waals surface area contributed by atoms with E-state index in [1.54, 1.807) is 24.3 Å². The standard InChI is InChI=1S/C15H17ClN2O2S.C10H15.Rh/c1-21(19,20)18-15(16,13-10-6-3-7-11-13)14(17)12-8-4-2-5-9-12;1-7-6-10(4,5)9(3)8(7)2;/h2-11,14,18H,17H2,1H3;1-5H3;/t14-,15-;;/m1../s1. The minimum Gasteiger partial charge on any atom is -0.321 e. The maximum Gasteiger partial charge on any atom is 0.210 e. The molecule has 0 saturated heterocycles. The number of hydrogen-bond acceptors (Lipinski definition) is 3. The molecule has 0 unspecified atom stereocenters. The van der Waals surface area contributed by atoms with Crippen molar-refractivity contribution in [3.05, 3.63) is 92.7 Å². The van der Waals surface area contributed by atoms with Crippen LogP contribution >= 0.6 is 11.6 Å². The second kappa shape index (κ2) is 10.3. The van der Waals surface area contributed by atoms with Crippen LogP contribution in [0.25, 0.3) is 0 Å². The summed E-state index contributed by atoms with van der Waals surface area (Å²) in [4.78, 5) is -1.45. The fourth-order valence-electron chi connectivity index (χ4n) is 3.67. The Labute approximate surface area is 208 Å². The number of benzene rings is 2. The van der Waals surface area contributed by atoms with Crippen molar-refractivity contribution < 1.29 is 26.7 Å². The van der Waals surface area contributed by atoms with Crippen LogP contribution in [0.3, 0.4) is 0 Å². The number of nitrogens with one attached hydrogen (secondary N) is 1. The monoisotopic (exact) mass is 562 g/mol. The molecule has 1 aliphatic rings. The number of alkyl halides is 1. The third-order valence-electron chi connectivity index (χ3n) is 6.01. The van der Waals surface area contributed by atoms with Gasteiger partial charge in [0.2, 0.25) is 10.0 Å². The van der Waals surface area contributed by atoms with E-state index in [-0.39, 0.29) is 5.41 Å². The molecule has 0 spiro atoms. The van der Waals surface area contributed by atoms with Crippen LogP contribution in [0.5, 0.6) is 0 Å². The predicted octanol–water partition coefficient (Wildman–Crippen LogP) is 5.51. The van der Waals surface area contributed by atoms with Crippen molar-refractivity contribution in [1.82, 2.24) is 4.72 Å². The molecule has 3 rings (SSSR count). The van der Waals surface area contributed by atoms with E-state index in [9.17, 15) is 8.42 Å². The van der Waals surface area contributed by atoms with E-state index >= 15 is 0 Å². The molecule has 1 aliphatic carbocycles. The van der Waals surface area contributed by atoms with Gasteiger partial charge in [0.1, 0.15) is 0 Å². The van der Waals surface area contributed by atoms with Crippen molar-refractivity contribution in [3.8, 4) is 0 Å². The fourth-order valence-corrected chi connectivity index (χ4v) is 5.75. The Balaban J connectivity index is 0.000000278. The Morgan fingerprint density at radius 1 is 0.969 bits per heavy atom. The molecule has 0 saturated carbocycles. The minimum atomic E-state index is -3.54. The molecule has 3 N–H and O–H groups in total. The van der Waals surface area contributed by atoms with E-state index in [2.05, 4.69) is 57.6 Å². The van der Waals surface area contributed by atoms with Crippen molar-refractivity contribution in [2.45, 2.75) is 45.7 Å². The number of allylic oxidation sites excluding steroid dienone is 4. The van der Waals surface area contributed by atoms with Crippen molar-refractivity contribution in [2.24, 2.45) is 11.1 Å². The first-order valence-corrected chi connectivity index (χ1v) is 13.4. The molecule has 0 aliphatic heterocycles. The van der Waals surface area contributed by atoms with E-state index in [1.165, 1.54) is 20.9 Å². The number of nitrogens with two attached hydrogens (primary N) is 1. The SMILES string of the molecule is CC1=C(C)C(C)(C)[C]([Rh])=C1C.CS(=O)(=O)N[C@](Cl)(c1ccccc1)[C@H](N)c1ccccc1. The van der Waals surface area contributed by atoms with Crippen LogP contribution in [0.15, 0.2) is 81.6 Å². The molecule has 2 aromatic carbocycles. The van der Waals surface area contributed by atoms with E-state index in [4.69, 9.17) is 17.3 Å². The van der Waals surface area contributed by atoms with Gasteiger partial charge in [-0.3, -0.25) is 0 Å². The van der Waals surface area contributed by atoms with Crippen molar-refractivity contribution in [3.63, 3.8) is 0 Å². The Hall–Kier alpha value is -1.30. The maximum atomic E-state index is 11.7. The van der Waals surface area contributed by atoms with E-state index in [0.29, 0.717) is 5.56 Å². The number of hydrogen-bond donors (Lipinski definition) is 2. The molecule has 7 heteroatoms. The summed E-state index contributed by atoms with van der Waals surface area (Å²) < 4.78 is 27.3. The van der Waals surface area contributed by atoms with Gasteiger partial charge in [0.05, 0.1) is 12.3 Å². The first-order chi connectivity index (χ1) is 14.7. The van der Waals surface area contributed by atoms with Crippen LogP contribution in [0.1, 0.15) is 51.8 Å². The van der Waals surface area contributed by atoms with Crippen LogP contribution < -0.4 is 10.5 Å². The van der Waals surface area contributed by atoms with Crippen molar-refractivity contribution in [1.29, 1.82) is 0 Å². The second-order valence-corrected chi connectivity index (χ2v) is 11.8. The van der Waals surface area contributed by atoms with Gasteiger partial charge in [0.15, 0.2) is 5.00 Å². The summed E-state index contributed by atoms with van der Waals surface area (Å²) in [6.07, 6.45) is 1.06. The normalized spacial score (nSPS) is 18.7. The molecule has 4 nitrogen and oxygen atoms in total. The molecule has 0 radical (unpaired) electrons. The van der Waals surface area contributed by atoms with Gasteiger partial charge in [-0.15, -0.1) is 0 Å². The molecule has 0 fully saturated rings. The second-order valence-electron chi connectivity index (χ2n) is 8.63. The zero-order chi connectivity index (χ0) is 24.3. The summed E-state index contributed by atoms with van der Waals surface area (Å²) in [7, 11) is -3.54. The first kappa shape index (κ1) is 27.0. The van der Waals surface area contributed by atoms with Gasteiger partial charge >= 0.3 is 79.2 Å². The van der Waals surface area contributed by atoms with Crippen LogP contribution in [0.2, 0.25) is 0 Å². The average molecular weight is 563 g/mol. The Kier molecular flexibility index (Phi) is 8.69. The van der Waals surface area contributed by atoms with Gasteiger partial charge in [0, 0.05) is 0 Å². The fraction of sp³-hybridized carbons (Fsp3) is 0.360. The smallest absolute Gasteiger partial charge is 0.210 e. The van der Waals surface area contributed by atoms with E-state index in [0.717, 1.165) is 11.8 Å². The Morgan fingerprint density at radius 2 is 1.44 bits per heavy atom. The largest absolute Gasteiger partial charge is 0.321 e. The van der Waals surface area contributed by atoms with Gasteiger partial charge in [-0.25, -0.2) is 8.42 Å².